The van der Waals surface area contributed by atoms with Gasteiger partial charge in [0.25, 0.3) is 0 Å². The summed E-state index contributed by atoms with van der Waals surface area (Å²) < 4.78 is 3.53. The molecule has 3 rings (SSSR count). The maximum atomic E-state index is 3.54. The molecule has 1 unspecified atom stereocenters. The Morgan fingerprint density at radius 1 is 1.18 bits per heavy atom. The van der Waals surface area contributed by atoms with Gasteiger partial charge in [-0.3, -0.25) is 4.90 Å². The number of halogens is 1. The maximum Gasteiger partial charge on any atom is 0.0387 e. The van der Waals surface area contributed by atoms with E-state index >= 15 is 0 Å². The molecule has 0 N–H and O–H groups in total. The van der Waals surface area contributed by atoms with Crippen molar-refractivity contribution in [2.24, 2.45) is 7.05 Å². The van der Waals surface area contributed by atoms with Gasteiger partial charge in [0.15, 0.2) is 0 Å². The minimum absolute atomic E-state index is 0.462. The molecular weight excluding hydrogens is 338 g/mol. The Hall–Kier alpha value is -1.10. The standard InChI is InChI=1S/C18H24BrN3/c1-20(2)10-15-9-16-17(13-5-7-14(19)8-6-13)11-21(3)12-18(16)22(15)4/h5-9,17H,10-12H2,1-4H3. The van der Waals surface area contributed by atoms with Gasteiger partial charge in [0, 0.05) is 48.5 Å². The van der Waals surface area contributed by atoms with Crippen molar-refractivity contribution >= 4 is 15.9 Å². The van der Waals surface area contributed by atoms with Gasteiger partial charge in [-0.15, -0.1) is 0 Å². The van der Waals surface area contributed by atoms with Crippen molar-refractivity contribution in [3.8, 4) is 0 Å². The molecule has 4 heteroatoms. The number of aromatic nitrogens is 1. The summed E-state index contributed by atoms with van der Waals surface area (Å²) in [5.41, 5.74) is 5.75. The third kappa shape index (κ3) is 3.00. The van der Waals surface area contributed by atoms with E-state index in [1.807, 2.05) is 0 Å². The topological polar surface area (TPSA) is 11.4 Å². The highest BCUT2D eigenvalue weighted by atomic mass is 79.9. The molecule has 0 aliphatic carbocycles. The van der Waals surface area contributed by atoms with Crippen LogP contribution in [0.2, 0.25) is 0 Å². The van der Waals surface area contributed by atoms with Gasteiger partial charge < -0.3 is 9.47 Å². The van der Waals surface area contributed by atoms with E-state index in [0.717, 1.165) is 24.1 Å². The Labute approximate surface area is 141 Å². The lowest BCUT2D eigenvalue weighted by Crippen LogP contribution is -2.31. The Kier molecular flexibility index (Phi) is 4.44. The lowest BCUT2D eigenvalue weighted by Gasteiger charge is -2.31. The molecule has 1 aliphatic heterocycles. The zero-order chi connectivity index (χ0) is 15.9. The van der Waals surface area contributed by atoms with Crippen LogP contribution in [0.15, 0.2) is 34.8 Å². The van der Waals surface area contributed by atoms with Gasteiger partial charge in [-0.2, -0.15) is 0 Å². The number of fused-ring (bicyclic) bond motifs is 1. The molecule has 1 aromatic carbocycles. The van der Waals surface area contributed by atoms with Crippen LogP contribution in [0.1, 0.15) is 28.4 Å². The Balaban J connectivity index is 2.03. The minimum atomic E-state index is 0.462. The van der Waals surface area contributed by atoms with Crippen LogP contribution in [0.5, 0.6) is 0 Å². The summed E-state index contributed by atoms with van der Waals surface area (Å²) in [6.45, 7) is 3.10. The van der Waals surface area contributed by atoms with Crippen molar-refractivity contribution in [3.63, 3.8) is 0 Å². The van der Waals surface area contributed by atoms with Crippen molar-refractivity contribution < 1.29 is 0 Å². The molecule has 0 saturated heterocycles. The summed E-state index contributed by atoms with van der Waals surface area (Å²) in [7, 11) is 8.68. The lowest BCUT2D eigenvalue weighted by atomic mass is 9.88. The SMILES string of the molecule is CN(C)Cc1cc2c(n1C)CN(C)CC2c1ccc(Br)cc1. The fourth-order valence-electron chi connectivity index (χ4n) is 3.41. The largest absolute Gasteiger partial charge is 0.349 e. The van der Waals surface area contributed by atoms with Crippen LogP contribution >= 0.6 is 15.9 Å². The Bertz CT molecular complexity index is 658. The Morgan fingerprint density at radius 3 is 2.50 bits per heavy atom. The van der Waals surface area contributed by atoms with Crippen molar-refractivity contribution in [1.29, 1.82) is 0 Å². The summed E-state index contributed by atoms with van der Waals surface area (Å²) in [4.78, 5) is 4.66. The van der Waals surface area contributed by atoms with Crippen LogP contribution in [0.4, 0.5) is 0 Å². The predicted octanol–water partition coefficient (Wildman–Crippen LogP) is 3.43. The van der Waals surface area contributed by atoms with E-state index in [4.69, 9.17) is 0 Å². The second kappa shape index (κ2) is 6.19. The normalized spacial score (nSPS) is 18.7. The fraction of sp³-hybridized carbons (Fsp3) is 0.444. The summed E-state index contributed by atoms with van der Waals surface area (Å²) in [6, 6.07) is 11.2. The number of likely N-dealkylation sites (N-methyl/N-ethyl adjacent to an activating group) is 1. The van der Waals surface area contributed by atoms with Gasteiger partial charge in [0.1, 0.15) is 0 Å². The van der Waals surface area contributed by atoms with E-state index in [0.29, 0.717) is 5.92 Å². The highest BCUT2D eigenvalue weighted by Crippen LogP contribution is 2.35. The van der Waals surface area contributed by atoms with Crippen molar-refractivity contribution in [2.45, 2.75) is 19.0 Å². The molecule has 0 saturated carbocycles. The van der Waals surface area contributed by atoms with E-state index in [-0.39, 0.29) is 0 Å². The van der Waals surface area contributed by atoms with Crippen LogP contribution < -0.4 is 0 Å². The predicted molar refractivity (Wildman–Crippen MR) is 95.1 cm³/mol. The van der Waals surface area contributed by atoms with Crippen molar-refractivity contribution in [1.82, 2.24) is 14.4 Å². The summed E-state index contributed by atoms with van der Waals surface area (Å²) in [5.74, 6) is 0.462. The average molecular weight is 362 g/mol. The summed E-state index contributed by atoms with van der Waals surface area (Å²) >= 11 is 3.54. The molecule has 0 fully saturated rings. The first-order valence-corrected chi connectivity index (χ1v) is 8.51. The number of nitrogens with zero attached hydrogens (tertiary/aromatic N) is 3. The molecule has 2 heterocycles. The molecular formula is C18H24BrN3. The highest BCUT2D eigenvalue weighted by Gasteiger charge is 2.28. The maximum absolute atomic E-state index is 3.54. The fourth-order valence-corrected chi connectivity index (χ4v) is 3.68. The van der Waals surface area contributed by atoms with Crippen molar-refractivity contribution in [3.05, 3.63) is 57.3 Å². The van der Waals surface area contributed by atoms with Gasteiger partial charge >= 0.3 is 0 Å². The first kappa shape index (κ1) is 15.8. The summed E-state index contributed by atoms with van der Waals surface area (Å²) in [5, 5.41) is 0. The van der Waals surface area contributed by atoms with E-state index in [1.165, 1.54) is 22.5 Å². The van der Waals surface area contributed by atoms with E-state index in [9.17, 15) is 0 Å². The van der Waals surface area contributed by atoms with Gasteiger partial charge in [-0.1, -0.05) is 28.1 Å². The number of benzene rings is 1. The molecule has 2 aromatic rings. The van der Waals surface area contributed by atoms with Crippen LogP contribution in [0.3, 0.4) is 0 Å². The monoisotopic (exact) mass is 361 g/mol. The molecule has 22 heavy (non-hydrogen) atoms. The second-order valence-electron chi connectivity index (χ2n) is 6.64. The smallest absolute Gasteiger partial charge is 0.0387 e. The van der Waals surface area contributed by atoms with E-state index in [2.05, 4.69) is 88.8 Å². The number of hydrogen-bond acceptors (Lipinski definition) is 2. The first-order chi connectivity index (χ1) is 10.5. The molecule has 1 aliphatic rings. The molecule has 3 nitrogen and oxygen atoms in total. The van der Waals surface area contributed by atoms with Gasteiger partial charge in [0.05, 0.1) is 0 Å². The zero-order valence-corrected chi connectivity index (χ0v) is 15.4. The van der Waals surface area contributed by atoms with Crippen LogP contribution in [-0.2, 0) is 20.1 Å². The molecule has 1 aromatic heterocycles. The number of rotatable bonds is 3. The zero-order valence-electron chi connectivity index (χ0n) is 13.8. The highest BCUT2D eigenvalue weighted by molar-refractivity contribution is 9.10. The van der Waals surface area contributed by atoms with E-state index in [1.54, 1.807) is 0 Å². The first-order valence-electron chi connectivity index (χ1n) is 7.72. The quantitative estimate of drug-likeness (QED) is 0.829. The number of hydrogen-bond donors (Lipinski definition) is 0. The third-order valence-corrected chi connectivity index (χ3v) is 5.06. The molecule has 118 valence electrons. The molecule has 0 bridgehead atoms. The third-order valence-electron chi connectivity index (χ3n) is 4.53. The lowest BCUT2D eigenvalue weighted by molar-refractivity contribution is 0.286. The average Bonchev–Trinajstić information content (AvgIpc) is 2.76. The summed E-state index contributed by atoms with van der Waals surface area (Å²) in [6.07, 6.45) is 0. The van der Waals surface area contributed by atoms with Gasteiger partial charge in [0.2, 0.25) is 0 Å². The molecule has 0 radical (unpaired) electrons. The molecule has 0 amide bonds. The minimum Gasteiger partial charge on any atom is -0.349 e. The van der Waals surface area contributed by atoms with Crippen LogP contribution in [0, 0.1) is 0 Å². The van der Waals surface area contributed by atoms with Crippen molar-refractivity contribution in [2.75, 3.05) is 27.7 Å². The van der Waals surface area contributed by atoms with Gasteiger partial charge in [-0.25, -0.2) is 0 Å². The molecule has 1 atom stereocenters. The van der Waals surface area contributed by atoms with Gasteiger partial charge in [-0.05, 0) is 50.5 Å². The van der Waals surface area contributed by atoms with Crippen LogP contribution in [0.25, 0.3) is 0 Å². The second-order valence-corrected chi connectivity index (χ2v) is 7.55. The van der Waals surface area contributed by atoms with E-state index < -0.39 is 0 Å². The Morgan fingerprint density at radius 2 is 1.86 bits per heavy atom. The van der Waals surface area contributed by atoms with Crippen LogP contribution in [-0.4, -0.2) is 42.1 Å². The molecule has 0 spiro atoms.